The van der Waals surface area contributed by atoms with E-state index in [1.54, 1.807) is 12.1 Å². The average Bonchev–Trinajstić information content (AvgIpc) is 2.62. The maximum Gasteiger partial charge on any atom is 0.337 e. The molecule has 27 heavy (non-hydrogen) atoms. The highest BCUT2D eigenvalue weighted by Crippen LogP contribution is 2.14. The number of amides is 1. The molecule has 0 aliphatic rings. The van der Waals surface area contributed by atoms with Gasteiger partial charge < -0.3 is 10.1 Å². The number of carbonyl (C=O) groups is 2. The second kappa shape index (κ2) is 8.79. The van der Waals surface area contributed by atoms with E-state index in [4.69, 9.17) is 0 Å². The molecule has 0 aliphatic heterocycles. The molecule has 1 N–H and O–H groups in total. The number of nitrogens with zero attached hydrogens (tertiary/aromatic N) is 1. The lowest BCUT2D eigenvalue weighted by Crippen LogP contribution is -2.37. The van der Waals surface area contributed by atoms with Gasteiger partial charge in [0, 0.05) is 12.2 Å². The van der Waals surface area contributed by atoms with Crippen molar-refractivity contribution < 1.29 is 22.7 Å². The fourth-order valence-electron chi connectivity index (χ4n) is 2.44. The summed E-state index contributed by atoms with van der Waals surface area (Å²) in [5.41, 5.74) is 2.59. The lowest BCUT2D eigenvalue weighted by molar-refractivity contribution is -0.116. The molecule has 2 rings (SSSR count). The SMILES string of the molecule is COC(=O)c1ccc(NC(=O)CN(Cc2ccccc2C)S(C)(=O)=O)cc1. The van der Waals surface area contributed by atoms with Crippen LogP contribution >= 0.6 is 0 Å². The molecule has 7 nitrogen and oxygen atoms in total. The number of rotatable bonds is 7. The molecule has 0 heterocycles. The average molecular weight is 390 g/mol. The summed E-state index contributed by atoms with van der Waals surface area (Å²) in [5, 5.41) is 2.63. The van der Waals surface area contributed by atoms with Crippen LogP contribution in [-0.2, 0) is 26.1 Å². The van der Waals surface area contributed by atoms with Crippen LogP contribution in [0.1, 0.15) is 21.5 Å². The first-order valence-electron chi connectivity index (χ1n) is 8.18. The van der Waals surface area contributed by atoms with Crippen molar-refractivity contribution in [3.05, 3.63) is 65.2 Å². The number of aryl methyl sites for hydroxylation is 1. The Kier molecular flexibility index (Phi) is 6.70. The number of ether oxygens (including phenoxy) is 1. The van der Waals surface area contributed by atoms with Gasteiger partial charge in [-0.2, -0.15) is 4.31 Å². The van der Waals surface area contributed by atoms with Crippen molar-refractivity contribution in [3.8, 4) is 0 Å². The van der Waals surface area contributed by atoms with Gasteiger partial charge in [0.05, 0.1) is 25.5 Å². The third-order valence-corrected chi connectivity index (χ3v) is 5.18. The highest BCUT2D eigenvalue weighted by atomic mass is 32.2. The van der Waals surface area contributed by atoms with Gasteiger partial charge in [-0.15, -0.1) is 0 Å². The number of methoxy groups -OCH3 is 1. The Bertz CT molecular complexity index is 923. The van der Waals surface area contributed by atoms with Crippen molar-refractivity contribution in [1.82, 2.24) is 4.31 Å². The van der Waals surface area contributed by atoms with Gasteiger partial charge in [0.25, 0.3) is 0 Å². The van der Waals surface area contributed by atoms with E-state index in [1.807, 2.05) is 31.2 Å². The fourth-order valence-corrected chi connectivity index (χ4v) is 3.16. The number of esters is 1. The Labute approximate surface area is 159 Å². The number of hydrogen-bond donors (Lipinski definition) is 1. The van der Waals surface area contributed by atoms with E-state index in [1.165, 1.54) is 19.2 Å². The van der Waals surface area contributed by atoms with E-state index in [9.17, 15) is 18.0 Å². The van der Waals surface area contributed by atoms with Crippen molar-refractivity contribution in [3.63, 3.8) is 0 Å². The van der Waals surface area contributed by atoms with Gasteiger partial charge in [0.15, 0.2) is 0 Å². The van der Waals surface area contributed by atoms with E-state index in [-0.39, 0.29) is 13.1 Å². The molecule has 8 heteroatoms. The topological polar surface area (TPSA) is 92.8 Å². The molecule has 1 amide bonds. The van der Waals surface area contributed by atoms with Crippen LogP contribution < -0.4 is 5.32 Å². The maximum atomic E-state index is 12.3. The van der Waals surface area contributed by atoms with E-state index >= 15 is 0 Å². The molecule has 0 bridgehead atoms. The summed E-state index contributed by atoms with van der Waals surface area (Å²) >= 11 is 0. The highest BCUT2D eigenvalue weighted by Gasteiger charge is 2.21. The van der Waals surface area contributed by atoms with E-state index in [0.29, 0.717) is 11.3 Å². The number of anilines is 1. The van der Waals surface area contributed by atoms with E-state index in [2.05, 4.69) is 10.1 Å². The largest absolute Gasteiger partial charge is 0.465 e. The minimum Gasteiger partial charge on any atom is -0.465 e. The summed E-state index contributed by atoms with van der Waals surface area (Å²) in [6, 6.07) is 13.6. The number of sulfonamides is 1. The zero-order valence-electron chi connectivity index (χ0n) is 15.4. The van der Waals surface area contributed by atoms with Crippen LogP contribution in [0.4, 0.5) is 5.69 Å². The van der Waals surface area contributed by atoms with Gasteiger partial charge in [0.2, 0.25) is 15.9 Å². The third kappa shape index (κ3) is 5.90. The van der Waals surface area contributed by atoms with Crippen LogP contribution in [0.25, 0.3) is 0 Å². The standard InChI is InChI=1S/C19H22N2O5S/c1-14-6-4-5-7-16(14)12-21(27(3,24)25)13-18(22)20-17-10-8-15(9-11-17)19(23)26-2/h4-11H,12-13H2,1-3H3,(H,20,22). The molecule has 144 valence electrons. The molecule has 0 unspecified atom stereocenters. The van der Waals surface area contributed by atoms with Crippen molar-refractivity contribution in [1.29, 1.82) is 0 Å². The quantitative estimate of drug-likeness (QED) is 0.732. The normalized spacial score (nSPS) is 11.3. The Morgan fingerprint density at radius 3 is 2.26 bits per heavy atom. The predicted molar refractivity (Wildman–Crippen MR) is 103 cm³/mol. The van der Waals surface area contributed by atoms with Gasteiger partial charge in [-0.05, 0) is 42.3 Å². The summed E-state index contributed by atoms with van der Waals surface area (Å²) in [4.78, 5) is 23.7. The van der Waals surface area contributed by atoms with Crippen LogP contribution in [0.3, 0.4) is 0 Å². The van der Waals surface area contributed by atoms with Gasteiger partial charge in [0.1, 0.15) is 0 Å². The number of hydrogen-bond acceptors (Lipinski definition) is 5. The molecule has 0 fully saturated rings. The fraction of sp³-hybridized carbons (Fsp3) is 0.263. The molecule has 0 saturated heterocycles. The summed E-state index contributed by atoms with van der Waals surface area (Å²) < 4.78 is 29.9. The Morgan fingerprint density at radius 1 is 1.07 bits per heavy atom. The zero-order chi connectivity index (χ0) is 20.0. The maximum absolute atomic E-state index is 12.3. The summed E-state index contributed by atoms with van der Waals surface area (Å²) in [6.45, 7) is 1.69. The van der Waals surface area contributed by atoms with Crippen LogP contribution in [-0.4, -0.2) is 44.5 Å². The third-order valence-electron chi connectivity index (χ3n) is 3.99. The monoisotopic (exact) mass is 390 g/mol. The summed E-state index contributed by atoms with van der Waals surface area (Å²) in [5.74, 6) is -0.950. The molecule has 0 atom stereocenters. The molecule has 0 saturated carbocycles. The smallest absolute Gasteiger partial charge is 0.337 e. The van der Waals surface area contributed by atoms with Crippen LogP contribution in [0.15, 0.2) is 48.5 Å². The Balaban J connectivity index is 2.08. The van der Waals surface area contributed by atoms with E-state index in [0.717, 1.165) is 21.7 Å². The number of carbonyl (C=O) groups excluding carboxylic acids is 2. The Hall–Kier alpha value is -2.71. The summed E-state index contributed by atoms with van der Waals surface area (Å²) in [6.07, 6.45) is 1.07. The first-order chi connectivity index (χ1) is 12.7. The van der Waals surface area contributed by atoms with Gasteiger partial charge in [-0.1, -0.05) is 24.3 Å². The molecule has 0 aliphatic carbocycles. The summed E-state index contributed by atoms with van der Waals surface area (Å²) in [7, 11) is -2.29. The first kappa shape index (κ1) is 20.6. The van der Waals surface area contributed by atoms with Crippen molar-refractivity contribution in [2.45, 2.75) is 13.5 Å². The van der Waals surface area contributed by atoms with Crippen LogP contribution in [0.5, 0.6) is 0 Å². The van der Waals surface area contributed by atoms with Gasteiger partial charge in [-0.25, -0.2) is 13.2 Å². The number of benzene rings is 2. The molecular formula is C19H22N2O5S. The molecule has 2 aromatic carbocycles. The molecular weight excluding hydrogens is 368 g/mol. The Morgan fingerprint density at radius 2 is 1.70 bits per heavy atom. The lowest BCUT2D eigenvalue weighted by atomic mass is 10.1. The van der Waals surface area contributed by atoms with Crippen LogP contribution in [0, 0.1) is 6.92 Å². The predicted octanol–water partition coefficient (Wildman–Crippen LogP) is 2.18. The van der Waals surface area contributed by atoms with E-state index < -0.39 is 21.9 Å². The molecule has 0 spiro atoms. The highest BCUT2D eigenvalue weighted by molar-refractivity contribution is 7.88. The number of nitrogens with one attached hydrogen (secondary N) is 1. The second-order valence-electron chi connectivity index (χ2n) is 6.07. The molecule has 0 radical (unpaired) electrons. The zero-order valence-corrected chi connectivity index (χ0v) is 16.2. The molecule has 0 aromatic heterocycles. The second-order valence-corrected chi connectivity index (χ2v) is 8.06. The van der Waals surface area contributed by atoms with Crippen molar-refractivity contribution >= 4 is 27.6 Å². The van der Waals surface area contributed by atoms with Crippen molar-refractivity contribution in [2.75, 3.05) is 25.2 Å². The van der Waals surface area contributed by atoms with Gasteiger partial charge >= 0.3 is 5.97 Å². The minimum absolute atomic E-state index is 0.111. The molecule has 2 aromatic rings. The van der Waals surface area contributed by atoms with Crippen LogP contribution in [0.2, 0.25) is 0 Å². The first-order valence-corrected chi connectivity index (χ1v) is 10.0. The van der Waals surface area contributed by atoms with Crippen molar-refractivity contribution in [2.24, 2.45) is 0 Å². The minimum atomic E-state index is -3.58. The lowest BCUT2D eigenvalue weighted by Gasteiger charge is -2.20. The van der Waals surface area contributed by atoms with Gasteiger partial charge in [-0.3, -0.25) is 4.79 Å².